The molecule has 0 saturated carbocycles. The lowest BCUT2D eigenvalue weighted by atomic mass is 10.1. The molecule has 3 rings (SSSR count). The molecule has 3 N–H and O–H groups in total. The molecule has 0 unspecified atom stereocenters. The first kappa shape index (κ1) is 16.2. The third kappa shape index (κ3) is 3.81. The van der Waals surface area contributed by atoms with Gasteiger partial charge in [0.25, 0.3) is 0 Å². The number of thiophene rings is 1. The monoisotopic (exact) mass is 339 g/mol. The minimum absolute atomic E-state index is 0.161. The van der Waals surface area contributed by atoms with Crippen LogP contribution in [0.4, 0.5) is 10.2 Å². The molecule has 0 aliphatic carbocycles. The predicted molar refractivity (Wildman–Crippen MR) is 98.0 cm³/mol. The summed E-state index contributed by atoms with van der Waals surface area (Å²) >= 11 is 1.66. The largest absolute Gasteiger partial charge is 0.383 e. The van der Waals surface area contributed by atoms with Gasteiger partial charge in [0.15, 0.2) is 0 Å². The molecule has 2 heterocycles. The molecule has 0 amide bonds. The van der Waals surface area contributed by atoms with Crippen LogP contribution in [-0.4, -0.2) is 4.98 Å². The highest BCUT2D eigenvalue weighted by atomic mass is 32.1. The zero-order valence-electron chi connectivity index (χ0n) is 13.1. The van der Waals surface area contributed by atoms with Gasteiger partial charge < -0.3 is 11.1 Å². The number of hydrogen-bond acceptors (Lipinski definition) is 4. The maximum Gasteiger partial charge on any atom is 0.132 e. The van der Waals surface area contributed by atoms with Crippen LogP contribution in [0.5, 0.6) is 0 Å². The summed E-state index contributed by atoms with van der Waals surface area (Å²) in [5, 5.41) is 3.27. The van der Waals surface area contributed by atoms with Gasteiger partial charge in [-0.2, -0.15) is 0 Å². The second kappa shape index (κ2) is 7.27. The van der Waals surface area contributed by atoms with Gasteiger partial charge in [-0.3, -0.25) is 0 Å². The molecular weight excluding hydrogens is 321 g/mol. The first-order valence-electron chi connectivity index (χ1n) is 7.58. The topological polar surface area (TPSA) is 50.9 Å². The van der Waals surface area contributed by atoms with Gasteiger partial charge in [0.1, 0.15) is 11.6 Å². The van der Waals surface area contributed by atoms with Crippen LogP contribution in [0.25, 0.3) is 5.70 Å². The Morgan fingerprint density at radius 3 is 2.71 bits per heavy atom. The molecule has 3 aromatic rings. The van der Waals surface area contributed by atoms with E-state index in [1.54, 1.807) is 23.6 Å². The van der Waals surface area contributed by atoms with Crippen molar-refractivity contribution in [1.29, 1.82) is 0 Å². The summed E-state index contributed by atoms with van der Waals surface area (Å²) in [5.74, 6) is 0.299. The maximum atomic E-state index is 13.7. The predicted octanol–water partition coefficient (Wildman–Crippen LogP) is 4.22. The number of benzene rings is 1. The van der Waals surface area contributed by atoms with E-state index in [1.165, 1.54) is 6.07 Å². The number of anilines is 1. The van der Waals surface area contributed by atoms with Gasteiger partial charge in [-0.1, -0.05) is 24.8 Å². The van der Waals surface area contributed by atoms with Crippen LogP contribution in [0.3, 0.4) is 0 Å². The molecule has 24 heavy (non-hydrogen) atoms. The van der Waals surface area contributed by atoms with Gasteiger partial charge in [-0.15, -0.1) is 11.3 Å². The number of pyridine rings is 1. The van der Waals surface area contributed by atoms with Crippen LogP contribution in [0.2, 0.25) is 0 Å². The van der Waals surface area contributed by atoms with Crippen LogP contribution in [0, 0.1) is 5.82 Å². The second-order valence-corrected chi connectivity index (χ2v) is 6.66. The summed E-state index contributed by atoms with van der Waals surface area (Å²) in [6.45, 7) is 4.66. The molecule has 0 spiro atoms. The summed E-state index contributed by atoms with van der Waals surface area (Å²) in [6, 6.07) is 14.7. The first-order valence-corrected chi connectivity index (χ1v) is 8.40. The van der Waals surface area contributed by atoms with Crippen LogP contribution >= 0.6 is 11.3 Å². The summed E-state index contributed by atoms with van der Waals surface area (Å²) in [7, 11) is 0. The van der Waals surface area contributed by atoms with E-state index in [4.69, 9.17) is 5.73 Å². The lowest BCUT2D eigenvalue weighted by Crippen LogP contribution is -2.11. The second-order valence-electron chi connectivity index (χ2n) is 5.40. The van der Waals surface area contributed by atoms with Crippen LogP contribution in [-0.2, 0) is 13.0 Å². The van der Waals surface area contributed by atoms with Crippen molar-refractivity contribution in [2.45, 2.75) is 13.0 Å². The van der Waals surface area contributed by atoms with Crippen LogP contribution in [0.15, 0.2) is 61.3 Å². The van der Waals surface area contributed by atoms with E-state index >= 15 is 0 Å². The number of halogens is 1. The minimum atomic E-state index is -0.161. The van der Waals surface area contributed by atoms with Gasteiger partial charge in [-0.25, -0.2) is 9.37 Å². The number of nitrogen functional groups attached to an aromatic ring is 1. The van der Waals surface area contributed by atoms with Crippen molar-refractivity contribution in [3.05, 3.63) is 88.0 Å². The third-order valence-corrected chi connectivity index (χ3v) is 4.76. The Hall–Kier alpha value is -2.66. The van der Waals surface area contributed by atoms with Gasteiger partial charge in [0, 0.05) is 40.2 Å². The van der Waals surface area contributed by atoms with Crippen LogP contribution < -0.4 is 11.1 Å². The average Bonchev–Trinajstić information content (AvgIpc) is 3.03. The zero-order valence-corrected chi connectivity index (χ0v) is 13.9. The lowest BCUT2D eigenvalue weighted by molar-refractivity contribution is 0.614. The van der Waals surface area contributed by atoms with E-state index < -0.39 is 0 Å². The fourth-order valence-corrected chi connectivity index (χ4v) is 3.38. The van der Waals surface area contributed by atoms with E-state index in [9.17, 15) is 4.39 Å². The number of nitrogens with one attached hydrogen (secondary N) is 1. The standard InChI is InChI=1S/C19H18FN3S/c1-13(17-6-4-10-22-19(17)21)23-12-16-9-8-15(24-16)11-14-5-2-3-7-18(14)20/h2-10,23H,1,11-12H2,(H2,21,22). The van der Waals surface area contributed by atoms with Crippen molar-refractivity contribution < 1.29 is 4.39 Å². The Morgan fingerprint density at radius 2 is 1.92 bits per heavy atom. The lowest BCUT2D eigenvalue weighted by Gasteiger charge is -2.10. The van der Waals surface area contributed by atoms with Gasteiger partial charge in [0.05, 0.1) is 0 Å². The van der Waals surface area contributed by atoms with Crippen molar-refractivity contribution >= 4 is 22.9 Å². The fourth-order valence-electron chi connectivity index (χ4n) is 2.40. The number of nitrogens with two attached hydrogens (primary N) is 1. The molecule has 0 aliphatic rings. The number of rotatable bonds is 6. The molecule has 0 saturated heterocycles. The molecule has 5 heteroatoms. The Balaban J connectivity index is 1.61. The summed E-state index contributed by atoms with van der Waals surface area (Å²) in [4.78, 5) is 6.34. The molecule has 0 atom stereocenters. The normalized spacial score (nSPS) is 10.5. The van der Waals surface area contributed by atoms with Gasteiger partial charge in [0.2, 0.25) is 0 Å². The highest BCUT2D eigenvalue weighted by Gasteiger charge is 2.07. The maximum absolute atomic E-state index is 13.7. The molecule has 0 radical (unpaired) electrons. The molecule has 0 bridgehead atoms. The smallest absolute Gasteiger partial charge is 0.132 e. The van der Waals surface area contributed by atoms with E-state index in [-0.39, 0.29) is 5.82 Å². The zero-order chi connectivity index (χ0) is 16.9. The minimum Gasteiger partial charge on any atom is -0.383 e. The van der Waals surface area contributed by atoms with Gasteiger partial charge >= 0.3 is 0 Å². The van der Waals surface area contributed by atoms with Crippen molar-refractivity contribution in [2.75, 3.05) is 5.73 Å². The van der Waals surface area contributed by atoms with E-state index in [0.29, 0.717) is 24.3 Å². The highest BCUT2D eigenvalue weighted by Crippen LogP contribution is 2.22. The van der Waals surface area contributed by atoms with Crippen molar-refractivity contribution in [3.63, 3.8) is 0 Å². The SMILES string of the molecule is C=C(NCc1ccc(Cc2ccccc2F)s1)c1cccnc1N. The Morgan fingerprint density at radius 1 is 1.12 bits per heavy atom. The molecular formula is C19H18FN3S. The summed E-state index contributed by atoms with van der Waals surface area (Å²) in [5.41, 5.74) is 8.11. The fraction of sp³-hybridized carbons (Fsp3) is 0.105. The van der Waals surface area contributed by atoms with Crippen molar-refractivity contribution in [1.82, 2.24) is 10.3 Å². The Bertz CT molecular complexity index is 857. The Kier molecular flexibility index (Phi) is 4.91. The molecule has 0 fully saturated rings. The quantitative estimate of drug-likeness (QED) is 0.707. The summed E-state index contributed by atoms with van der Waals surface area (Å²) in [6.07, 6.45) is 2.26. The van der Waals surface area contributed by atoms with E-state index in [0.717, 1.165) is 21.0 Å². The average molecular weight is 339 g/mol. The van der Waals surface area contributed by atoms with E-state index in [2.05, 4.69) is 16.9 Å². The molecule has 1 aromatic carbocycles. The third-order valence-electron chi connectivity index (χ3n) is 3.68. The Labute approximate surface area is 144 Å². The van der Waals surface area contributed by atoms with Gasteiger partial charge in [-0.05, 0) is 35.9 Å². The highest BCUT2D eigenvalue weighted by molar-refractivity contribution is 7.12. The van der Waals surface area contributed by atoms with Crippen LogP contribution in [0.1, 0.15) is 20.9 Å². The van der Waals surface area contributed by atoms with Crippen molar-refractivity contribution in [2.24, 2.45) is 0 Å². The first-order chi connectivity index (χ1) is 11.6. The molecule has 122 valence electrons. The van der Waals surface area contributed by atoms with Crippen molar-refractivity contribution in [3.8, 4) is 0 Å². The number of nitrogens with zero attached hydrogens (tertiary/aromatic N) is 1. The molecule has 2 aromatic heterocycles. The molecule has 3 nitrogen and oxygen atoms in total. The summed E-state index contributed by atoms with van der Waals surface area (Å²) < 4.78 is 13.7. The van der Waals surface area contributed by atoms with E-state index in [1.807, 2.05) is 36.4 Å². The number of aromatic nitrogens is 1. The molecule has 0 aliphatic heterocycles. The number of hydrogen-bond donors (Lipinski definition) is 2.